The highest BCUT2D eigenvalue weighted by atomic mass is 32.9. The first-order valence-electron chi connectivity index (χ1n) is 13.0. The summed E-state index contributed by atoms with van der Waals surface area (Å²) in [5, 5.41) is 0.00603. The number of fused-ring (bicyclic) bond motifs is 1. The Bertz CT molecular complexity index is 1200. The largest absolute Gasteiger partial charge is 0.411 e. The van der Waals surface area contributed by atoms with Gasteiger partial charge in [-0.3, -0.25) is 14.3 Å². The van der Waals surface area contributed by atoms with Gasteiger partial charge in [-0.2, -0.15) is 0 Å². The summed E-state index contributed by atoms with van der Waals surface area (Å²) in [6.07, 6.45) is 3.78. The Morgan fingerprint density at radius 1 is 1.38 bits per heavy atom. The minimum atomic E-state index is -2.59. The Morgan fingerprint density at radius 2 is 2.08 bits per heavy atom. The van der Waals surface area contributed by atoms with Crippen molar-refractivity contribution in [1.82, 2.24) is 9.55 Å². The first kappa shape index (κ1) is 29.5. The van der Waals surface area contributed by atoms with E-state index in [-0.39, 0.29) is 28.6 Å². The van der Waals surface area contributed by atoms with E-state index in [0.717, 1.165) is 19.3 Å². The van der Waals surface area contributed by atoms with Crippen LogP contribution in [0.1, 0.15) is 66.5 Å². The summed E-state index contributed by atoms with van der Waals surface area (Å²) in [6, 6.07) is 1.33. The molecule has 1 saturated carbocycles. The number of aromatic nitrogens is 2. The molecule has 8 nitrogen and oxygen atoms in total. The molecule has 12 heteroatoms. The molecule has 0 aromatic carbocycles. The van der Waals surface area contributed by atoms with Gasteiger partial charge >= 0.3 is 5.69 Å². The van der Waals surface area contributed by atoms with Gasteiger partial charge in [0.2, 0.25) is 5.69 Å². The van der Waals surface area contributed by atoms with Crippen molar-refractivity contribution in [2.24, 2.45) is 5.92 Å². The molecule has 2 saturated heterocycles. The molecule has 3 fully saturated rings. The zero-order valence-corrected chi connectivity index (χ0v) is 26.5. The number of hydrogen-bond donors (Lipinski definition) is 1. The first-order chi connectivity index (χ1) is 17.0. The summed E-state index contributed by atoms with van der Waals surface area (Å²) in [6.45, 7) is 19.7. The van der Waals surface area contributed by atoms with E-state index in [1.807, 2.05) is 0 Å². The Morgan fingerprint density at radius 3 is 2.70 bits per heavy atom. The highest BCUT2D eigenvalue weighted by Crippen LogP contribution is 2.75. The van der Waals surface area contributed by atoms with Crippen LogP contribution in [0, 0.1) is 5.92 Å². The maximum absolute atomic E-state index is 12.5. The van der Waals surface area contributed by atoms with Crippen molar-refractivity contribution in [2.45, 2.75) is 108 Å². The van der Waals surface area contributed by atoms with Crippen molar-refractivity contribution < 1.29 is 18.2 Å². The van der Waals surface area contributed by atoms with Gasteiger partial charge in [0, 0.05) is 23.4 Å². The predicted molar refractivity (Wildman–Crippen MR) is 155 cm³/mol. The molecule has 1 aromatic heterocycles. The molecule has 0 amide bonds. The topological polar surface area (TPSA) is 91.8 Å². The fourth-order valence-corrected chi connectivity index (χ4v) is 13.5. The van der Waals surface area contributed by atoms with Crippen LogP contribution in [0.4, 0.5) is 0 Å². The predicted octanol–water partition coefficient (Wildman–Crippen LogP) is 5.72. The molecule has 2 aliphatic heterocycles. The summed E-state index contributed by atoms with van der Waals surface area (Å²) in [4.78, 5) is 26.4. The van der Waals surface area contributed by atoms with Crippen LogP contribution >= 0.6 is 17.1 Å². The van der Waals surface area contributed by atoms with Gasteiger partial charge in [-0.1, -0.05) is 44.3 Å². The van der Waals surface area contributed by atoms with Crippen LogP contribution in [-0.4, -0.2) is 47.5 Å². The van der Waals surface area contributed by atoms with Crippen LogP contribution in [0.2, 0.25) is 18.1 Å². The van der Waals surface area contributed by atoms with Crippen LogP contribution in [0.15, 0.2) is 34.0 Å². The average Bonchev–Trinajstić information content (AvgIpc) is 3.27. The number of nitrogens with one attached hydrogen (secondary N) is 1. The lowest BCUT2D eigenvalue weighted by Crippen LogP contribution is -2.46. The lowest BCUT2D eigenvalue weighted by Gasteiger charge is -2.39. The van der Waals surface area contributed by atoms with E-state index in [1.54, 1.807) is 11.4 Å². The number of nitrogens with zero attached hydrogens (tertiary/aromatic N) is 1. The molecule has 3 heterocycles. The van der Waals surface area contributed by atoms with E-state index in [4.69, 9.17) is 30.0 Å². The highest BCUT2D eigenvalue weighted by Gasteiger charge is 2.54. The number of H-pyrrole nitrogens is 1. The fraction of sp³-hybridized carbons (Fsp3) is 0.760. The Kier molecular flexibility index (Phi) is 8.33. The smallest absolute Gasteiger partial charge is 0.330 e. The van der Waals surface area contributed by atoms with Crippen LogP contribution in [0.3, 0.4) is 0 Å². The van der Waals surface area contributed by atoms with Gasteiger partial charge in [-0.05, 0) is 69.0 Å². The maximum Gasteiger partial charge on any atom is 0.330 e. The lowest BCUT2D eigenvalue weighted by molar-refractivity contribution is -0.0395. The van der Waals surface area contributed by atoms with Crippen LogP contribution in [-0.2, 0) is 30.0 Å². The van der Waals surface area contributed by atoms with E-state index in [2.05, 4.69) is 59.3 Å². The van der Waals surface area contributed by atoms with E-state index < -0.39 is 37.6 Å². The molecular weight excluding hydrogens is 547 g/mol. The molecule has 0 bridgehead atoms. The third-order valence-electron chi connectivity index (χ3n) is 8.43. The quantitative estimate of drug-likeness (QED) is 0.246. The second-order valence-corrected chi connectivity index (χ2v) is 23.7. The SMILES string of the molecule is C=C(C)[C@@H]1CC[C@]2(C)SP(=S)(OC[C@H]3O[C@@H](n4ccc(=O)[nH]c4=O)C[C@@H]3O[Si](C)(C)C(C)(C)C)O[C@H]2C1. The molecule has 0 spiro atoms. The monoisotopic (exact) mass is 588 g/mol. The summed E-state index contributed by atoms with van der Waals surface area (Å²) in [5.74, 6) is 0.456. The number of ether oxygens (including phenoxy) is 1. The first-order valence-corrected chi connectivity index (χ1v) is 19.9. The van der Waals surface area contributed by atoms with E-state index in [9.17, 15) is 9.59 Å². The lowest BCUT2D eigenvalue weighted by atomic mass is 9.77. The third-order valence-corrected chi connectivity index (χ3v) is 18.8. The molecule has 1 unspecified atom stereocenters. The number of hydrogen-bond acceptors (Lipinski definition) is 8. The van der Waals surface area contributed by atoms with E-state index in [0.29, 0.717) is 12.3 Å². The summed E-state index contributed by atoms with van der Waals surface area (Å²) in [5.41, 5.74) is -2.33. The average molecular weight is 589 g/mol. The molecule has 4 rings (SSSR count). The molecule has 1 aliphatic carbocycles. The highest BCUT2D eigenvalue weighted by molar-refractivity contribution is 8.68. The molecule has 1 N–H and O–H groups in total. The van der Waals surface area contributed by atoms with Gasteiger partial charge in [-0.15, -0.1) is 0 Å². The molecule has 0 radical (unpaired) electrons. The van der Waals surface area contributed by atoms with Gasteiger partial charge in [0.05, 0.1) is 18.8 Å². The molecule has 208 valence electrons. The van der Waals surface area contributed by atoms with Gasteiger partial charge in [0.25, 0.3) is 5.56 Å². The van der Waals surface area contributed by atoms with E-state index >= 15 is 0 Å². The molecule has 1 aromatic rings. The second-order valence-electron chi connectivity index (χ2n) is 12.4. The minimum absolute atomic E-state index is 0.00603. The van der Waals surface area contributed by atoms with E-state index in [1.165, 1.54) is 22.4 Å². The minimum Gasteiger partial charge on any atom is -0.411 e. The fourth-order valence-electron chi connectivity index (χ4n) is 4.96. The summed E-state index contributed by atoms with van der Waals surface area (Å²) < 4.78 is 27.3. The normalized spacial score (nSPS) is 36.5. The van der Waals surface area contributed by atoms with Crippen LogP contribution < -0.4 is 11.2 Å². The number of rotatable bonds is 7. The number of aromatic amines is 1. The Balaban J connectivity index is 1.51. The van der Waals surface area contributed by atoms with Gasteiger partial charge < -0.3 is 18.2 Å². The standard InChI is InChI=1S/C25H41N2O6PS2Si/c1-16(2)17-9-11-25(6)20(13-17)32-34(35,36-25)30-15-19-18(33-37(7,8)24(3,4)5)14-22(31-19)27-12-10-21(28)26-23(27)29/h10,12,17-20,22H,1,9,11,13-15H2,2-8H3,(H,26,28,29)/t17-,18+,19-,20+,22-,25+,34?/m1/s1. The molecule has 7 atom stereocenters. The molecular formula is C25H41N2O6PS2Si. The van der Waals surface area contributed by atoms with Crippen molar-refractivity contribution in [3.63, 3.8) is 0 Å². The Hall–Kier alpha value is -0.523. The third kappa shape index (κ3) is 6.29. The van der Waals surface area contributed by atoms with Crippen molar-refractivity contribution >= 4 is 37.2 Å². The van der Waals surface area contributed by atoms with Crippen molar-refractivity contribution in [2.75, 3.05) is 6.61 Å². The van der Waals surface area contributed by atoms with Gasteiger partial charge in [-0.25, -0.2) is 4.79 Å². The second kappa shape index (κ2) is 10.5. The van der Waals surface area contributed by atoms with Crippen molar-refractivity contribution in [3.05, 3.63) is 45.3 Å². The maximum atomic E-state index is 12.5. The van der Waals surface area contributed by atoms with Crippen molar-refractivity contribution in [3.8, 4) is 0 Å². The van der Waals surface area contributed by atoms with Crippen LogP contribution in [0.25, 0.3) is 0 Å². The zero-order valence-electron chi connectivity index (χ0n) is 22.9. The van der Waals surface area contributed by atoms with Crippen molar-refractivity contribution in [1.29, 1.82) is 0 Å². The van der Waals surface area contributed by atoms with Gasteiger partial charge in [0.15, 0.2) is 8.32 Å². The Labute approximate surface area is 229 Å². The van der Waals surface area contributed by atoms with Crippen LogP contribution in [0.5, 0.6) is 0 Å². The zero-order chi connectivity index (χ0) is 27.4. The molecule has 37 heavy (non-hydrogen) atoms. The molecule has 3 aliphatic rings. The summed E-state index contributed by atoms with van der Waals surface area (Å²) in [7, 11) is -2.14. The number of allylic oxidation sites excluding steroid dienone is 1. The summed E-state index contributed by atoms with van der Waals surface area (Å²) >= 11 is 7.67. The van der Waals surface area contributed by atoms with Gasteiger partial charge in [0.1, 0.15) is 12.3 Å².